The molecule has 0 spiro atoms. The molecule has 12 heteroatoms. The lowest BCUT2D eigenvalue weighted by molar-refractivity contribution is -0.385. The molecule has 0 aromatic heterocycles. The summed E-state index contributed by atoms with van der Waals surface area (Å²) < 4.78 is 33.7. The third kappa shape index (κ3) is 5.47. The quantitative estimate of drug-likeness (QED) is 0.253. The van der Waals surface area contributed by atoms with Gasteiger partial charge in [-0.15, -0.1) is 0 Å². The van der Waals surface area contributed by atoms with Gasteiger partial charge in [0.25, 0.3) is 15.7 Å². The topological polar surface area (TPSA) is 123 Å². The fraction of sp³-hybridized carbons (Fsp3) is 0.0500. The van der Waals surface area contributed by atoms with Gasteiger partial charge in [0.2, 0.25) is 0 Å². The smallest absolute Gasteiger partial charge is 0.270 e. The van der Waals surface area contributed by atoms with Gasteiger partial charge < -0.3 is 4.74 Å². The van der Waals surface area contributed by atoms with E-state index in [2.05, 4.69) is 15.2 Å². The molecule has 0 amide bonds. The molecule has 0 saturated carbocycles. The van der Waals surface area contributed by atoms with Crippen LogP contribution < -0.4 is 14.9 Å². The molecule has 3 aromatic rings. The number of halogens is 2. The van der Waals surface area contributed by atoms with Crippen molar-refractivity contribution in [2.75, 3.05) is 17.3 Å². The lowest BCUT2D eigenvalue weighted by Gasteiger charge is -2.14. The summed E-state index contributed by atoms with van der Waals surface area (Å²) in [5.74, 6) is 0.286. The molecule has 0 fully saturated rings. The Kier molecular flexibility index (Phi) is 7.18. The number of ether oxygens (including phenoxy) is 1. The normalized spacial score (nSPS) is 11.3. The largest absolute Gasteiger partial charge is 0.495 e. The Balaban J connectivity index is 1.96. The molecule has 0 unspecified atom stereocenters. The number of hydrogen-bond donors (Lipinski definition) is 2. The van der Waals surface area contributed by atoms with Crippen molar-refractivity contribution in [2.45, 2.75) is 4.90 Å². The van der Waals surface area contributed by atoms with Crippen LogP contribution in [0.5, 0.6) is 5.75 Å². The maximum absolute atomic E-state index is 13.1. The zero-order valence-electron chi connectivity index (χ0n) is 16.5. The van der Waals surface area contributed by atoms with Gasteiger partial charge in [0.05, 0.1) is 39.7 Å². The van der Waals surface area contributed by atoms with Crippen molar-refractivity contribution in [1.82, 2.24) is 0 Å². The molecule has 0 heterocycles. The summed E-state index contributed by atoms with van der Waals surface area (Å²) in [5, 5.41) is 15.9. The van der Waals surface area contributed by atoms with Crippen LogP contribution in [0.4, 0.5) is 17.1 Å². The number of para-hydroxylation sites is 2. The van der Waals surface area contributed by atoms with Gasteiger partial charge in [-0.1, -0.05) is 41.4 Å². The first kappa shape index (κ1) is 23.3. The number of methoxy groups -OCH3 is 1. The number of anilines is 2. The van der Waals surface area contributed by atoms with Gasteiger partial charge in [-0.3, -0.25) is 20.3 Å². The number of sulfonamides is 1. The van der Waals surface area contributed by atoms with E-state index in [1.165, 1.54) is 31.5 Å². The number of benzene rings is 3. The molecule has 0 aliphatic heterocycles. The molecule has 0 aliphatic rings. The Morgan fingerprint density at radius 2 is 1.78 bits per heavy atom. The maximum Gasteiger partial charge on any atom is 0.270 e. The van der Waals surface area contributed by atoms with E-state index >= 15 is 0 Å². The van der Waals surface area contributed by atoms with Crippen LogP contribution in [0.25, 0.3) is 0 Å². The van der Waals surface area contributed by atoms with Crippen molar-refractivity contribution in [3.63, 3.8) is 0 Å². The van der Waals surface area contributed by atoms with Gasteiger partial charge in [0.15, 0.2) is 0 Å². The van der Waals surface area contributed by atoms with Crippen molar-refractivity contribution in [1.29, 1.82) is 0 Å². The molecule has 32 heavy (non-hydrogen) atoms. The van der Waals surface area contributed by atoms with Crippen LogP contribution in [0.15, 0.2) is 70.7 Å². The van der Waals surface area contributed by atoms with Gasteiger partial charge in [0, 0.05) is 12.1 Å². The first-order valence-electron chi connectivity index (χ1n) is 8.89. The van der Waals surface area contributed by atoms with E-state index in [4.69, 9.17) is 27.9 Å². The van der Waals surface area contributed by atoms with Crippen LogP contribution in [0.2, 0.25) is 10.0 Å². The van der Waals surface area contributed by atoms with Gasteiger partial charge in [-0.25, -0.2) is 8.42 Å². The Hall–Kier alpha value is -3.34. The highest BCUT2D eigenvalue weighted by molar-refractivity contribution is 7.93. The molecule has 3 rings (SSSR count). The number of nitro groups is 1. The second-order valence-corrected chi connectivity index (χ2v) is 8.75. The van der Waals surface area contributed by atoms with Gasteiger partial charge in [-0.05, 0) is 35.9 Å². The standard InChI is InChI=1S/C20H16Cl2N4O5S/c1-31-19-5-3-2-4-17(19)25-32(29,30)20-11-14(26(27)28)7-9-18(20)24-23-12-13-6-8-15(21)16(22)10-13/h2-12,24-25H,1H3. The highest BCUT2D eigenvalue weighted by Crippen LogP contribution is 2.31. The number of nitro benzene ring substituents is 1. The van der Waals surface area contributed by atoms with Gasteiger partial charge in [-0.2, -0.15) is 5.10 Å². The summed E-state index contributed by atoms with van der Waals surface area (Å²) in [6.45, 7) is 0. The van der Waals surface area contributed by atoms with E-state index in [0.29, 0.717) is 15.6 Å². The number of hydrogen-bond acceptors (Lipinski definition) is 7. The average molecular weight is 495 g/mol. The van der Waals surface area contributed by atoms with Crippen LogP contribution >= 0.6 is 23.2 Å². The lowest BCUT2D eigenvalue weighted by atomic mass is 10.2. The van der Waals surface area contributed by atoms with Crippen LogP contribution in [0.1, 0.15) is 5.56 Å². The minimum atomic E-state index is -4.25. The zero-order chi connectivity index (χ0) is 23.3. The minimum absolute atomic E-state index is 0.0225. The Morgan fingerprint density at radius 1 is 1.03 bits per heavy atom. The predicted molar refractivity (Wildman–Crippen MR) is 125 cm³/mol. The van der Waals surface area contributed by atoms with E-state index in [9.17, 15) is 18.5 Å². The van der Waals surface area contributed by atoms with Crippen molar-refractivity contribution in [3.05, 3.63) is 86.4 Å². The van der Waals surface area contributed by atoms with Gasteiger partial charge in [0.1, 0.15) is 10.6 Å². The summed E-state index contributed by atoms with van der Waals surface area (Å²) in [5.41, 5.74) is 3.00. The summed E-state index contributed by atoms with van der Waals surface area (Å²) in [6, 6.07) is 14.6. The molecule has 166 valence electrons. The summed E-state index contributed by atoms with van der Waals surface area (Å²) >= 11 is 11.8. The van der Waals surface area contributed by atoms with Crippen molar-refractivity contribution >= 4 is 56.5 Å². The molecule has 0 radical (unpaired) electrons. The minimum Gasteiger partial charge on any atom is -0.495 e. The lowest BCUT2D eigenvalue weighted by Crippen LogP contribution is -2.15. The van der Waals surface area contributed by atoms with Crippen LogP contribution in [-0.4, -0.2) is 26.7 Å². The highest BCUT2D eigenvalue weighted by Gasteiger charge is 2.23. The first-order valence-corrected chi connectivity index (χ1v) is 11.1. The number of nitrogens with zero attached hydrogens (tertiary/aromatic N) is 2. The average Bonchev–Trinajstić information content (AvgIpc) is 2.76. The number of nitrogens with one attached hydrogen (secondary N) is 2. The summed E-state index contributed by atoms with van der Waals surface area (Å²) in [4.78, 5) is 10.1. The first-order chi connectivity index (χ1) is 15.2. The SMILES string of the molecule is COc1ccccc1NS(=O)(=O)c1cc([N+](=O)[O-])ccc1NN=Cc1ccc(Cl)c(Cl)c1. The van der Waals surface area contributed by atoms with Crippen LogP contribution in [0.3, 0.4) is 0 Å². The molecule has 3 aromatic carbocycles. The molecule has 2 N–H and O–H groups in total. The van der Waals surface area contributed by atoms with Crippen LogP contribution in [0, 0.1) is 10.1 Å². The molecule has 0 atom stereocenters. The molecule has 0 bridgehead atoms. The van der Waals surface area contributed by atoms with Crippen molar-refractivity contribution in [2.24, 2.45) is 5.10 Å². The summed E-state index contributed by atoms with van der Waals surface area (Å²) in [7, 11) is -2.86. The van der Waals surface area contributed by atoms with Crippen LogP contribution in [-0.2, 0) is 10.0 Å². The fourth-order valence-corrected chi connectivity index (χ4v) is 4.19. The summed E-state index contributed by atoms with van der Waals surface area (Å²) in [6.07, 6.45) is 1.40. The van der Waals surface area contributed by atoms with E-state index in [0.717, 1.165) is 6.07 Å². The maximum atomic E-state index is 13.1. The predicted octanol–water partition coefficient (Wildman–Crippen LogP) is 5.16. The van der Waals surface area contributed by atoms with E-state index in [1.807, 2.05) is 0 Å². The number of rotatable bonds is 8. The molecule has 0 aliphatic carbocycles. The molecular weight excluding hydrogens is 479 g/mol. The van der Waals surface area contributed by atoms with E-state index in [-0.39, 0.29) is 22.0 Å². The second kappa shape index (κ2) is 9.86. The van der Waals surface area contributed by atoms with Crippen molar-refractivity contribution in [3.8, 4) is 5.75 Å². The molecule has 9 nitrogen and oxygen atoms in total. The molecule has 0 saturated heterocycles. The Morgan fingerprint density at radius 3 is 2.47 bits per heavy atom. The number of non-ortho nitro benzene ring substituents is 1. The second-order valence-electron chi connectivity index (χ2n) is 6.29. The zero-order valence-corrected chi connectivity index (χ0v) is 18.8. The third-order valence-corrected chi connectivity index (χ3v) is 6.30. The van der Waals surface area contributed by atoms with E-state index in [1.54, 1.807) is 36.4 Å². The monoisotopic (exact) mass is 494 g/mol. The Bertz CT molecular complexity index is 1300. The number of hydrazone groups is 1. The van der Waals surface area contributed by atoms with E-state index < -0.39 is 20.6 Å². The van der Waals surface area contributed by atoms with Gasteiger partial charge >= 0.3 is 0 Å². The van der Waals surface area contributed by atoms with Crippen molar-refractivity contribution < 1.29 is 18.1 Å². The molecular formula is C20H16Cl2N4O5S. The third-order valence-electron chi connectivity index (χ3n) is 4.16. The highest BCUT2D eigenvalue weighted by atomic mass is 35.5. The fourth-order valence-electron chi connectivity index (χ4n) is 2.64. The Labute approximate surface area is 193 Å².